The van der Waals surface area contributed by atoms with Crippen molar-refractivity contribution in [2.75, 3.05) is 5.75 Å². The molecule has 1 amide bonds. The van der Waals surface area contributed by atoms with Crippen molar-refractivity contribution in [3.63, 3.8) is 0 Å². The van der Waals surface area contributed by atoms with Crippen LogP contribution in [0.4, 0.5) is 0 Å². The van der Waals surface area contributed by atoms with Crippen LogP contribution >= 0.6 is 11.8 Å². The molecule has 0 aliphatic heterocycles. The van der Waals surface area contributed by atoms with Crippen molar-refractivity contribution in [2.24, 2.45) is 5.73 Å². The fourth-order valence-corrected chi connectivity index (χ4v) is 2.60. The van der Waals surface area contributed by atoms with Gasteiger partial charge in [-0.1, -0.05) is 42.1 Å². The third-order valence-corrected chi connectivity index (χ3v) is 3.77. The van der Waals surface area contributed by atoms with Crippen molar-refractivity contribution in [3.8, 4) is 11.3 Å². The Hall–Kier alpha value is -2.28. The van der Waals surface area contributed by atoms with Gasteiger partial charge in [0.15, 0.2) is 5.16 Å². The quantitative estimate of drug-likeness (QED) is 0.757. The van der Waals surface area contributed by atoms with Gasteiger partial charge in [-0.25, -0.2) is 4.98 Å². The number of amides is 1. The molecule has 1 aromatic carbocycles. The number of aliphatic carboxylic acids is 1. The van der Waals surface area contributed by atoms with Crippen LogP contribution in [0.1, 0.15) is 6.42 Å². The Bertz CT molecular complexity index is 640. The van der Waals surface area contributed by atoms with Gasteiger partial charge in [0.25, 0.3) is 0 Å². The van der Waals surface area contributed by atoms with Crippen molar-refractivity contribution in [1.82, 2.24) is 9.55 Å². The normalized spacial score (nSPS) is 10.5. The van der Waals surface area contributed by atoms with Crippen molar-refractivity contribution in [2.45, 2.75) is 18.1 Å². The van der Waals surface area contributed by atoms with E-state index >= 15 is 0 Å². The van der Waals surface area contributed by atoms with E-state index in [0.717, 1.165) is 23.0 Å². The fraction of sp³-hybridized carbons (Fsp3) is 0.214. The number of carbonyl (C=O) groups is 2. The topological polar surface area (TPSA) is 98.2 Å². The molecule has 0 aliphatic carbocycles. The van der Waals surface area contributed by atoms with Crippen molar-refractivity contribution >= 4 is 23.6 Å². The Kier molecular flexibility index (Phi) is 4.99. The van der Waals surface area contributed by atoms with E-state index in [1.165, 1.54) is 0 Å². The first-order valence-electron chi connectivity index (χ1n) is 6.32. The summed E-state index contributed by atoms with van der Waals surface area (Å²) in [5.41, 5.74) is 6.99. The minimum atomic E-state index is -0.911. The van der Waals surface area contributed by atoms with Crippen LogP contribution in [0.2, 0.25) is 0 Å². The van der Waals surface area contributed by atoms with E-state index in [2.05, 4.69) is 4.98 Å². The molecule has 0 spiro atoms. The summed E-state index contributed by atoms with van der Waals surface area (Å²) in [4.78, 5) is 26.0. The van der Waals surface area contributed by atoms with Crippen LogP contribution in [0.25, 0.3) is 11.3 Å². The number of benzene rings is 1. The van der Waals surface area contributed by atoms with Crippen molar-refractivity contribution in [1.29, 1.82) is 0 Å². The number of primary amides is 1. The molecular weight excluding hydrogens is 290 g/mol. The highest BCUT2D eigenvalue weighted by Gasteiger charge is 2.14. The zero-order chi connectivity index (χ0) is 15.2. The average Bonchev–Trinajstić information content (AvgIpc) is 2.86. The van der Waals surface area contributed by atoms with Gasteiger partial charge in [0, 0.05) is 13.0 Å². The number of hydrogen-bond acceptors (Lipinski definition) is 4. The van der Waals surface area contributed by atoms with Gasteiger partial charge < -0.3 is 15.4 Å². The Balaban J connectivity index is 2.31. The van der Waals surface area contributed by atoms with Crippen molar-refractivity contribution < 1.29 is 14.7 Å². The number of nitrogens with zero attached hydrogens (tertiary/aromatic N) is 2. The predicted octanol–water partition coefficient (Wildman–Crippen LogP) is 1.60. The van der Waals surface area contributed by atoms with E-state index in [1.54, 1.807) is 6.20 Å². The lowest BCUT2D eigenvalue weighted by Crippen LogP contribution is -2.15. The van der Waals surface area contributed by atoms with E-state index in [0.29, 0.717) is 11.7 Å². The number of imidazole rings is 1. The molecule has 2 aromatic rings. The molecule has 0 saturated heterocycles. The first-order valence-corrected chi connectivity index (χ1v) is 7.30. The Morgan fingerprint density at radius 3 is 2.62 bits per heavy atom. The molecule has 0 unspecified atom stereocenters. The molecule has 1 aromatic heterocycles. The highest BCUT2D eigenvalue weighted by Crippen LogP contribution is 2.26. The van der Waals surface area contributed by atoms with Crippen LogP contribution in [0.3, 0.4) is 0 Å². The summed E-state index contributed by atoms with van der Waals surface area (Å²) < 4.78 is 1.83. The monoisotopic (exact) mass is 305 g/mol. The molecule has 21 heavy (non-hydrogen) atoms. The molecule has 0 saturated carbocycles. The smallest absolute Gasteiger partial charge is 0.313 e. The molecule has 6 nitrogen and oxygen atoms in total. The first-order chi connectivity index (χ1) is 10.1. The molecule has 0 radical (unpaired) electrons. The molecule has 0 fully saturated rings. The number of carbonyl (C=O) groups excluding carboxylic acids is 1. The third-order valence-electron chi connectivity index (χ3n) is 2.80. The maximum absolute atomic E-state index is 11.0. The van der Waals surface area contributed by atoms with Gasteiger partial charge in [-0.2, -0.15) is 0 Å². The number of nitrogens with two attached hydrogens (primary N) is 1. The van der Waals surface area contributed by atoms with Gasteiger partial charge in [0.05, 0.1) is 17.6 Å². The van der Waals surface area contributed by atoms with E-state index < -0.39 is 11.9 Å². The summed E-state index contributed by atoms with van der Waals surface area (Å²) in [5.74, 6) is -1.40. The second-order valence-electron chi connectivity index (χ2n) is 4.34. The molecule has 7 heteroatoms. The van der Waals surface area contributed by atoms with Gasteiger partial charge in [-0.15, -0.1) is 0 Å². The molecular formula is C14H15N3O3S. The Morgan fingerprint density at radius 2 is 2.00 bits per heavy atom. The van der Waals surface area contributed by atoms with Crippen LogP contribution in [0, 0.1) is 0 Å². The van der Waals surface area contributed by atoms with Gasteiger partial charge in [-0.3, -0.25) is 9.59 Å². The standard InChI is InChI=1S/C14H15N3O3S/c15-12(18)6-7-17-11(10-4-2-1-3-5-10)8-16-14(17)21-9-13(19)20/h1-5,8H,6-7,9H2,(H2,15,18)(H,19,20). The molecule has 0 bridgehead atoms. The number of carboxylic acids is 1. The number of rotatable bonds is 7. The van der Waals surface area contributed by atoms with Gasteiger partial charge in [0.1, 0.15) is 0 Å². The summed E-state index contributed by atoms with van der Waals surface area (Å²) in [5, 5.41) is 9.34. The van der Waals surface area contributed by atoms with Crippen LogP contribution in [-0.2, 0) is 16.1 Å². The second-order valence-corrected chi connectivity index (χ2v) is 5.28. The fourth-order valence-electron chi connectivity index (χ4n) is 1.88. The minimum Gasteiger partial charge on any atom is -0.481 e. The van der Waals surface area contributed by atoms with Crippen LogP contribution in [0.5, 0.6) is 0 Å². The maximum atomic E-state index is 11.0. The van der Waals surface area contributed by atoms with Gasteiger partial charge >= 0.3 is 5.97 Å². The minimum absolute atomic E-state index is 0.0815. The second kappa shape index (κ2) is 6.94. The molecule has 2 rings (SSSR count). The van der Waals surface area contributed by atoms with E-state index in [9.17, 15) is 9.59 Å². The van der Waals surface area contributed by atoms with Gasteiger partial charge in [-0.05, 0) is 5.56 Å². The maximum Gasteiger partial charge on any atom is 0.313 e. The summed E-state index contributed by atoms with van der Waals surface area (Å²) in [6, 6.07) is 9.59. The van der Waals surface area contributed by atoms with E-state index in [1.807, 2.05) is 34.9 Å². The molecule has 110 valence electrons. The largest absolute Gasteiger partial charge is 0.481 e. The summed E-state index contributed by atoms with van der Waals surface area (Å²) in [6.07, 6.45) is 1.86. The lowest BCUT2D eigenvalue weighted by atomic mass is 10.2. The highest BCUT2D eigenvalue weighted by molar-refractivity contribution is 7.99. The van der Waals surface area contributed by atoms with Crippen molar-refractivity contribution in [3.05, 3.63) is 36.5 Å². The molecule has 1 heterocycles. The van der Waals surface area contributed by atoms with Crippen LogP contribution < -0.4 is 5.73 Å². The first kappa shape index (κ1) is 15.1. The van der Waals surface area contributed by atoms with E-state index in [-0.39, 0.29) is 12.2 Å². The molecule has 0 atom stereocenters. The lowest BCUT2D eigenvalue weighted by Gasteiger charge is -2.10. The zero-order valence-electron chi connectivity index (χ0n) is 11.2. The third kappa shape index (κ3) is 4.09. The number of thioether (sulfide) groups is 1. The molecule has 3 N–H and O–H groups in total. The summed E-state index contributed by atoms with van der Waals surface area (Å²) in [6.45, 7) is 0.377. The highest BCUT2D eigenvalue weighted by atomic mass is 32.2. The number of aromatic nitrogens is 2. The van der Waals surface area contributed by atoms with Crippen LogP contribution in [0.15, 0.2) is 41.7 Å². The van der Waals surface area contributed by atoms with E-state index in [4.69, 9.17) is 10.8 Å². The average molecular weight is 305 g/mol. The number of hydrogen-bond donors (Lipinski definition) is 2. The number of carboxylic acid groups (broad SMARTS) is 1. The Morgan fingerprint density at radius 1 is 1.29 bits per heavy atom. The SMILES string of the molecule is NC(=O)CCn1c(-c2ccccc2)cnc1SCC(=O)O. The lowest BCUT2D eigenvalue weighted by molar-refractivity contribution is -0.134. The summed E-state index contributed by atoms with van der Waals surface area (Å²) >= 11 is 1.12. The van der Waals surface area contributed by atoms with Crippen LogP contribution in [-0.4, -0.2) is 32.3 Å². The zero-order valence-corrected chi connectivity index (χ0v) is 12.0. The molecule has 0 aliphatic rings. The Labute approximate surface area is 126 Å². The van der Waals surface area contributed by atoms with Gasteiger partial charge in [0.2, 0.25) is 5.91 Å². The predicted molar refractivity (Wildman–Crippen MR) is 79.8 cm³/mol. The summed E-state index contributed by atoms with van der Waals surface area (Å²) in [7, 11) is 0.